The van der Waals surface area contributed by atoms with Crippen LogP contribution in [0, 0.1) is 0 Å². The van der Waals surface area contributed by atoms with Crippen molar-refractivity contribution >= 4 is 17.6 Å². The molecular weight excluding hydrogens is 262 g/mol. The number of carbonyl (C=O) groups excluding carboxylic acids is 1. The van der Waals surface area contributed by atoms with Gasteiger partial charge in [0.25, 0.3) is 0 Å². The van der Waals surface area contributed by atoms with Crippen molar-refractivity contribution in [1.29, 1.82) is 0 Å². The fourth-order valence-electron chi connectivity index (χ4n) is 1.53. The van der Waals surface area contributed by atoms with Gasteiger partial charge in [-0.3, -0.25) is 4.79 Å². The summed E-state index contributed by atoms with van der Waals surface area (Å²) in [4.78, 5) is 22.2. The summed E-state index contributed by atoms with van der Waals surface area (Å²) in [6, 6.07) is 6.72. The smallest absolute Gasteiger partial charge is 0.341 e. The van der Waals surface area contributed by atoms with Crippen LogP contribution in [0.3, 0.4) is 0 Å². The molecule has 1 rings (SSSR count). The maximum Gasteiger partial charge on any atom is 0.341 e. The lowest BCUT2D eigenvalue weighted by Gasteiger charge is -2.11. The van der Waals surface area contributed by atoms with Gasteiger partial charge in [0.1, 0.15) is 5.75 Å². The molecule has 0 radical (unpaired) electrons. The van der Waals surface area contributed by atoms with Crippen LogP contribution < -0.4 is 10.1 Å². The molecule has 20 heavy (non-hydrogen) atoms. The summed E-state index contributed by atoms with van der Waals surface area (Å²) in [7, 11) is 0. The van der Waals surface area contributed by atoms with Crippen LogP contribution in [0.5, 0.6) is 5.75 Å². The molecule has 6 heteroatoms. The van der Waals surface area contributed by atoms with Crippen LogP contribution in [0.15, 0.2) is 24.3 Å². The fraction of sp³-hybridized carbons (Fsp3) is 0.429. The maximum atomic E-state index is 11.7. The Labute approximate surface area is 117 Å². The van der Waals surface area contributed by atoms with Crippen LogP contribution in [0.2, 0.25) is 0 Å². The summed E-state index contributed by atoms with van der Waals surface area (Å²) in [5.74, 6) is -0.882. The Bertz CT molecular complexity index is 447. The highest BCUT2D eigenvalue weighted by molar-refractivity contribution is 5.92. The zero-order valence-corrected chi connectivity index (χ0v) is 11.4. The third kappa shape index (κ3) is 6.19. The second-order valence-electron chi connectivity index (χ2n) is 4.03. The molecule has 0 saturated heterocycles. The quantitative estimate of drug-likeness (QED) is 0.675. The van der Waals surface area contributed by atoms with Gasteiger partial charge in [-0.05, 0) is 25.5 Å². The number of ether oxygens (including phenoxy) is 2. The molecule has 0 aliphatic rings. The summed E-state index contributed by atoms with van der Waals surface area (Å²) in [5, 5.41) is 11.3. The van der Waals surface area contributed by atoms with Crippen LogP contribution in [0.1, 0.15) is 19.8 Å². The highest BCUT2D eigenvalue weighted by atomic mass is 16.5. The molecule has 0 aromatic heterocycles. The predicted octanol–water partition coefficient (Wildman–Crippen LogP) is 1.91. The number of nitrogens with one attached hydrogen (secondary N) is 1. The van der Waals surface area contributed by atoms with Crippen molar-refractivity contribution in [2.75, 3.05) is 25.1 Å². The van der Waals surface area contributed by atoms with Crippen molar-refractivity contribution in [1.82, 2.24) is 0 Å². The topological polar surface area (TPSA) is 84.9 Å². The Morgan fingerprint density at radius 1 is 1.30 bits per heavy atom. The zero-order valence-electron chi connectivity index (χ0n) is 11.4. The fourth-order valence-corrected chi connectivity index (χ4v) is 1.53. The van der Waals surface area contributed by atoms with E-state index in [4.69, 9.17) is 14.6 Å². The number of para-hydroxylation sites is 2. The molecular formula is C14H19NO5. The van der Waals surface area contributed by atoms with Gasteiger partial charge in [-0.25, -0.2) is 4.79 Å². The molecule has 0 unspecified atom stereocenters. The van der Waals surface area contributed by atoms with E-state index in [-0.39, 0.29) is 5.91 Å². The lowest BCUT2D eigenvalue weighted by atomic mass is 10.2. The molecule has 0 heterocycles. The highest BCUT2D eigenvalue weighted by Crippen LogP contribution is 2.23. The Morgan fingerprint density at radius 2 is 2.05 bits per heavy atom. The van der Waals surface area contributed by atoms with Crippen molar-refractivity contribution < 1.29 is 24.2 Å². The van der Waals surface area contributed by atoms with Crippen molar-refractivity contribution in [3.8, 4) is 5.75 Å². The van der Waals surface area contributed by atoms with Gasteiger partial charge in [-0.2, -0.15) is 0 Å². The first kappa shape index (κ1) is 16.0. The first-order valence-electron chi connectivity index (χ1n) is 6.44. The van der Waals surface area contributed by atoms with Gasteiger partial charge in [0, 0.05) is 19.6 Å². The van der Waals surface area contributed by atoms with E-state index in [0.29, 0.717) is 37.5 Å². The Balaban J connectivity index is 2.49. The minimum atomic E-state index is -1.07. The summed E-state index contributed by atoms with van der Waals surface area (Å²) < 4.78 is 10.3. The number of carboxylic acids is 1. The number of rotatable bonds is 9. The predicted molar refractivity (Wildman–Crippen MR) is 73.9 cm³/mol. The van der Waals surface area contributed by atoms with E-state index in [2.05, 4.69) is 5.32 Å². The second-order valence-corrected chi connectivity index (χ2v) is 4.03. The molecule has 1 amide bonds. The summed E-state index contributed by atoms with van der Waals surface area (Å²) in [5.41, 5.74) is 0.468. The molecule has 1 aromatic carbocycles. The van der Waals surface area contributed by atoms with Crippen LogP contribution in [0.25, 0.3) is 0 Å². The van der Waals surface area contributed by atoms with E-state index in [1.807, 2.05) is 6.92 Å². The molecule has 6 nitrogen and oxygen atoms in total. The minimum Gasteiger partial charge on any atom is -0.480 e. The number of amides is 1. The average molecular weight is 281 g/mol. The van der Waals surface area contributed by atoms with E-state index >= 15 is 0 Å². The van der Waals surface area contributed by atoms with E-state index in [1.54, 1.807) is 24.3 Å². The van der Waals surface area contributed by atoms with Gasteiger partial charge in [0.15, 0.2) is 6.61 Å². The average Bonchev–Trinajstić information content (AvgIpc) is 2.42. The normalized spacial score (nSPS) is 10.1. The second kappa shape index (κ2) is 8.92. The van der Waals surface area contributed by atoms with Crippen molar-refractivity contribution in [2.45, 2.75) is 19.8 Å². The van der Waals surface area contributed by atoms with Crippen LogP contribution in [-0.2, 0) is 14.3 Å². The molecule has 0 spiro atoms. The number of carboxylic acid groups (broad SMARTS) is 1. The van der Waals surface area contributed by atoms with Gasteiger partial charge in [0.05, 0.1) is 5.69 Å². The minimum absolute atomic E-state index is 0.156. The standard InChI is InChI=1S/C14H19NO5/c1-2-19-9-5-8-13(16)15-11-6-3-4-7-12(11)20-10-14(17)18/h3-4,6-7H,2,5,8-10H2,1H3,(H,15,16)(H,17,18). The van der Waals surface area contributed by atoms with Gasteiger partial charge in [-0.1, -0.05) is 12.1 Å². The lowest BCUT2D eigenvalue weighted by molar-refractivity contribution is -0.139. The monoisotopic (exact) mass is 281 g/mol. The largest absolute Gasteiger partial charge is 0.480 e. The van der Waals surface area contributed by atoms with Crippen LogP contribution in [-0.4, -0.2) is 36.8 Å². The van der Waals surface area contributed by atoms with Crippen LogP contribution in [0.4, 0.5) is 5.69 Å². The maximum absolute atomic E-state index is 11.7. The molecule has 0 fully saturated rings. The number of hydrogen-bond acceptors (Lipinski definition) is 4. The van der Waals surface area contributed by atoms with Gasteiger partial charge in [-0.15, -0.1) is 0 Å². The zero-order chi connectivity index (χ0) is 14.8. The number of aliphatic carboxylic acids is 1. The third-order valence-electron chi connectivity index (χ3n) is 2.41. The third-order valence-corrected chi connectivity index (χ3v) is 2.41. The summed E-state index contributed by atoms with van der Waals surface area (Å²) in [6.45, 7) is 2.63. The Kier molecular flexibility index (Phi) is 7.13. The number of anilines is 1. The Hall–Kier alpha value is -2.08. The highest BCUT2D eigenvalue weighted by Gasteiger charge is 2.08. The molecule has 0 aliphatic carbocycles. The molecule has 0 bridgehead atoms. The van der Waals surface area contributed by atoms with Gasteiger partial charge in [0.2, 0.25) is 5.91 Å². The van der Waals surface area contributed by atoms with Crippen molar-refractivity contribution in [3.05, 3.63) is 24.3 Å². The summed E-state index contributed by atoms with van der Waals surface area (Å²) in [6.07, 6.45) is 0.977. The Morgan fingerprint density at radius 3 is 2.75 bits per heavy atom. The van der Waals surface area contributed by atoms with Crippen molar-refractivity contribution in [3.63, 3.8) is 0 Å². The molecule has 1 aromatic rings. The van der Waals surface area contributed by atoms with Gasteiger partial charge >= 0.3 is 5.97 Å². The number of benzene rings is 1. The van der Waals surface area contributed by atoms with Gasteiger partial charge < -0.3 is 19.9 Å². The lowest BCUT2D eigenvalue weighted by Crippen LogP contribution is -2.15. The number of carbonyl (C=O) groups is 2. The van der Waals surface area contributed by atoms with E-state index in [1.165, 1.54) is 0 Å². The van der Waals surface area contributed by atoms with E-state index < -0.39 is 12.6 Å². The molecule has 2 N–H and O–H groups in total. The molecule has 0 saturated carbocycles. The first-order chi connectivity index (χ1) is 9.63. The molecule has 110 valence electrons. The SMILES string of the molecule is CCOCCCC(=O)Nc1ccccc1OCC(=O)O. The molecule has 0 aliphatic heterocycles. The molecule has 0 atom stereocenters. The summed E-state index contributed by atoms with van der Waals surface area (Å²) >= 11 is 0. The van der Waals surface area contributed by atoms with E-state index in [0.717, 1.165) is 0 Å². The first-order valence-corrected chi connectivity index (χ1v) is 6.44. The number of hydrogen-bond donors (Lipinski definition) is 2. The van der Waals surface area contributed by atoms with Crippen molar-refractivity contribution in [2.24, 2.45) is 0 Å². The van der Waals surface area contributed by atoms with Crippen LogP contribution >= 0.6 is 0 Å². The van der Waals surface area contributed by atoms with E-state index in [9.17, 15) is 9.59 Å².